The van der Waals surface area contributed by atoms with Crippen molar-refractivity contribution in [2.45, 2.75) is 19.8 Å². The Labute approximate surface area is 136 Å². The van der Waals surface area contributed by atoms with E-state index in [1.54, 1.807) is 25.4 Å². The summed E-state index contributed by atoms with van der Waals surface area (Å²) in [5, 5.41) is 5.84. The second kappa shape index (κ2) is 8.21. The van der Waals surface area contributed by atoms with E-state index in [2.05, 4.69) is 20.6 Å². The van der Waals surface area contributed by atoms with Gasteiger partial charge >= 0.3 is 0 Å². The number of nitrogens with zero attached hydrogens (tertiary/aromatic N) is 3. The van der Waals surface area contributed by atoms with Crippen LogP contribution in [0.15, 0.2) is 18.5 Å². The van der Waals surface area contributed by atoms with Gasteiger partial charge in [0.05, 0.1) is 11.7 Å². The zero-order valence-electron chi connectivity index (χ0n) is 13.2. The van der Waals surface area contributed by atoms with Crippen molar-refractivity contribution >= 4 is 21.9 Å². The quantitative estimate of drug-likeness (QED) is 0.680. The van der Waals surface area contributed by atoms with Gasteiger partial charge in [-0.05, 0) is 25.8 Å². The molecule has 1 aliphatic rings. The summed E-state index contributed by atoms with van der Waals surface area (Å²) in [5.74, 6) is 0.206. The molecule has 0 aliphatic carbocycles. The maximum Gasteiger partial charge on any atom is 0.224 e. The van der Waals surface area contributed by atoms with Crippen molar-refractivity contribution in [3.63, 3.8) is 0 Å². The standard InChI is InChI=1S/C14H23N5O3S/c1-2-23(21,22)19-10-3-5-12(11-19)13(20)15-8-9-18-14-16-6-4-7-17-14/h4,6-7,12H,2-3,5,8-11H2,1H3,(H,15,20)(H,16,17,18)/t12-/m1/s1. The van der Waals surface area contributed by atoms with Crippen molar-refractivity contribution in [1.29, 1.82) is 0 Å². The topological polar surface area (TPSA) is 104 Å². The summed E-state index contributed by atoms with van der Waals surface area (Å²) >= 11 is 0. The number of nitrogens with one attached hydrogen (secondary N) is 2. The number of hydrogen-bond acceptors (Lipinski definition) is 6. The van der Waals surface area contributed by atoms with Gasteiger partial charge in [-0.15, -0.1) is 0 Å². The fourth-order valence-corrected chi connectivity index (χ4v) is 3.67. The molecule has 0 radical (unpaired) electrons. The van der Waals surface area contributed by atoms with E-state index in [0.717, 1.165) is 6.42 Å². The summed E-state index contributed by atoms with van der Waals surface area (Å²) < 4.78 is 25.2. The summed E-state index contributed by atoms with van der Waals surface area (Å²) in [5.41, 5.74) is 0. The monoisotopic (exact) mass is 341 g/mol. The molecule has 0 unspecified atom stereocenters. The van der Waals surface area contributed by atoms with Crippen LogP contribution in [0.1, 0.15) is 19.8 Å². The Hall–Kier alpha value is -1.74. The van der Waals surface area contributed by atoms with E-state index in [9.17, 15) is 13.2 Å². The molecule has 1 aromatic heterocycles. The highest BCUT2D eigenvalue weighted by molar-refractivity contribution is 7.89. The van der Waals surface area contributed by atoms with Gasteiger partial charge in [-0.1, -0.05) is 0 Å². The average Bonchev–Trinajstić information content (AvgIpc) is 2.59. The molecule has 1 amide bonds. The first-order valence-electron chi connectivity index (χ1n) is 7.79. The van der Waals surface area contributed by atoms with Crippen molar-refractivity contribution < 1.29 is 13.2 Å². The molecule has 2 N–H and O–H groups in total. The molecular weight excluding hydrogens is 318 g/mol. The Kier molecular flexibility index (Phi) is 6.28. The molecule has 1 aromatic rings. The van der Waals surface area contributed by atoms with Crippen molar-refractivity contribution in [3.8, 4) is 0 Å². The minimum Gasteiger partial charge on any atom is -0.354 e. The van der Waals surface area contributed by atoms with E-state index in [1.165, 1.54) is 4.31 Å². The predicted molar refractivity (Wildman–Crippen MR) is 87.3 cm³/mol. The van der Waals surface area contributed by atoms with Crippen LogP contribution in [-0.4, -0.2) is 60.5 Å². The van der Waals surface area contributed by atoms with Crippen LogP contribution in [0.4, 0.5) is 5.95 Å². The summed E-state index contributed by atoms with van der Waals surface area (Å²) in [4.78, 5) is 20.2. The first-order chi connectivity index (χ1) is 11.0. The molecule has 1 atom stereocenters. The third-order valence-electron chi connectivity index (χ3n) is 3.79. The number of carbonyl (C=O) groups excluding carboxylic acids is 1. The highest BCUT2D eigenvalue weighted by Crippen LogP contribution is 2.19. The van der Waals surface area contributed by atoms with Crippen LogP contribution < -0.4 is 10.6 Å². The average molecular weight is 341 g/mol. The second-order valence-corrected chi connectivity index (χ2v) is 7.65. The van der Waals surface area contributed by atoms with Gasteiger partial charge < -0.3 is 10.6 Å². The zero-order chi connectivity index (χ0) is 16.7. The number of aromatic nitrogens is 2. The third-order valence-corrected chi connectivity index (χ3v) is 5.63. The highest BCUT2D eigenvalue weighted by atomic mass is 32.2. The molecule has 0 aromatic carbocycles. The zero-order valence-corrected chi connectivity index (χ0v) is 14.1. The summed E-state index contributed by atoms with van der Waals surface area (Å²) in [7, 11) is -3.22. The van der Waals surface area contributed by atoms with Gasteiger partial charge in [0.15, 0.2) is 0 Å². The number of rotatable bonds is 7. The van der Waals surface area contributed by atoms with Crippen LogP contribution in [-0.2, 0) is 14.8 Å². The fraction of sp³-hybridized carbons (Fsp3) is 0.643. The summed E-state index contributed by atoms with van der Waals surface area (Å²) in [6.07, 6.45) is 4.71. The van der Waals surface area contributed by atoms with E-state index < -0.39 is 10.0 Å². The van der Waals surface area contributed by atoms with Gasteiger partial charge in [-0.25, -0.2) is 22.7 Å². The van der Waals surface area contributed by atoms with Crippen LogP contribution >= 0.6 is 0 Å². The van der Waals surface area contributed by atoms with E-state index in [-0.39, 0.29) is 24.1 Å². The van der Waals surface area contributed by atoms with Gasteiger partial charge in [0, 0.05) is 38.6 Å². The summed E-state index contributed by atoms with van der Waals surface area (Å²) in [6, 6.07) is 1.73. The SMILES string of the molecule is CCS(=O)(=O)N1CCC[C@@H](C(=O)NCCNc2ncccn2)C1. The molecule has 0 bridgehead atoms. The lowest BCUT2D eigenvalue weighted by molar-refractivity contribution is -0.125. The lowest BCUT2D eigenvalue weighted by atomic mass is 9.99. The van der Waals surface area contributed by atoms with Crippen LogP contribution in [0.25, 0.3) is 0 Å². The lowest BCUT2D eigenvalue weighted by Gasteiger charge is -2.30. The maximum atomic E-state index is 12.2. The largest absolute Gasteiger partial charge is 0.354 e. The molecule has 1 saturated heterocycles. The van der Waals surface area contributed by atoms with Gasteiger partial charge in [0.2, 0.25) is 21.9 Å². The Bertz CT molecular complexity index is 608. The molecule has 1 aliphatic heterocycles. The number of hydrogen-bond donors (Lipinski definition) is 2. The Morgan fingerprint density at radius 2 is 2.09 bits per heavy atom. The second-order valence-electron chi connectivity index (χ2n) is 5.39. The lowest BCUT2D eigenvalue weighted by Crippen LogP contribution is -2.46. The third kappa shape index (κ3) is 5.14. The van der Waals surface area contributed by atoms with Crippen LogP contribution in [0.5, 0.6) is 0 Å². The van der Waals surface area contributed by atoms with E-state index >= 15 is 0 Å². The van der Waals surface area contributed by atoms with Crippen LogP contribution in [0.3, 0.4) is 0 Å². The Morgan fingerprint density at radius 3 is 2.78 bits per heavy atom. The predicted octanol–water partition coefficient (Wildman–Crippen LogP) is 0.0664. The molecule has 0 spiro atoms. The summed E-state index contributed by atoms with van der Waals surface area (Å²) in [6.45, 7) is 3.36. The molecule has 23 heavy (non-hydrogen) atoms. The number of amides is 1. The molecule has 9 heteroatoms. The van der Waals surface area contributed by atoms with Crippen molar-refractivity contribution in [2.24, 2.45) is 5.92 Å². The molecule has 0 saturated carbocycles. The number of carbonyl (C=O) groups is 1. The van der Waals surface area contributed by atoms with Crippen LogP contribution in [0, 0.1) is 5.92 Å². The first kappa shape index (κ1) is 17.6. The fourth-order valence-electron chi connectivity index (χ4n) is 2.49. The van der Waals surface area contributed by atoms with Gasteiger partial charge in [-0.3, -0.25) is 4.79 Å². The van der Waals surface area contributed by atoms with Gasteiger partial charge in [0.1, 0.15) is 0 Å². The Morgan fingerprint density at radius 1 is 1.35 bits per heavy atom. The molecule has 1 fully saturated rings. The highest BCUT2D eigenvalue weighted by Gasteiger charge is 2.31. The Balaban J connectivity index is 1.75. The normalized spacial score (nSPS) is 19.3. The molecule has 128 valence electrons. The van der Waals surface area contributed by atoms with E-state index in [0.29, 0.717) is 32.0 Å². The van der Waals surface area contributed by atoms with Gasteiger partial charge in [0.25, 0.3) is 0 Å². The molecule has 2 rings (SSSR count). The number of piperidine rings is 1. The van der Waals surface area contributed by atoms with Crippen molar-refractivity contribution in [2.75, 3.05) is 37.2 Å². The minimum atomic E-state index is -3.22. The van der Waals surface area contributed by atoms with Crippen LogP contribution in [0.2, 0.25) is 0 Å². The number of sulfonamides is 1. The maximum absolute atomic E-state index is 12.2. The smallest absolute Gasteiger partial charge is 0.224 e. The van der Waals surface area contributed by atoms with Crippen molar-refractivity contribution in [1.82, 2.24) is 19.6 Å². The molecular formula is C14H23N5O3S. The first-order valence-corrected chi connectivity index (χ1v) is 9.40. The number of anilines is 1. The van der Waals surface area contributed by atoms with Gasteiger partial charge in [-0.2, -0.15) is 0 Å². The van der Waals surface area contributed by atoms with Crippen molar-refractivity contribution in [3.05, 3.63) is 18.5 Å². The molecule has 2 heterocycles. The van der Waals surface area contributed by atoms with E-state index in [1.807, 2.05) is 0 Å². The van der Waals surface area contributed by atoms with E-state index in [4.69, 9.17) is 0 Å². The molecule has 8 nitrogen and oxygen atoms in total. The minimum absolute atomic E-state index is 0.0718.